The second-order valence-corrected chi connectivity index (χ2v) is 20.2. The molecule has 0 heterocycles. The predicted molar refractivity (Wildman–Crippen MR) is 302 cm³/mol. The Kier molecular flexibility index (Phi) is 56.3. The minimum atomic E-state index is -0.781. The third-order valence-corrected chi connectivity index (χ3v) is 13.2. The molecule has 406 valence electrons. The minimum Gasteiger partial charge on any atom is -0.462 e. The van der Waals surface area contributed by atoms with E-state index >= 15 is 0 Å². The SMILES string of the molecule is CCC/C=C\CCCCCCCC(=O)OCC(COC(=O)CCCCCCCCCCC/C=C\C/C=C\CCCCCCC)OC(=O)CCCCCCCCCCC/C=C\C/C=C\CCCCCCC. The summed E-state index contributed by atoms with van der Waals surface area (Å²) in [5.41, 5.74) is 0. The molecule has 1 unspecified atom stereocenters. The number of hydrogen-bond donors (Lipinski definition) is 0. The highest BCUT2D eigenvalue weighted by molar-refractivity contribution is 5.71. The predicted octanol–water partition coefficient (Wildman–Crippen LogP) is 20.4. The summed E-state index contributed by atoms with van der Waals surface area (Å²) in [5.74, 6) is -0.887. The van der Waals surface area contributed by atoms with E-state index < -0.39 is 6.10 Å². The number of carbonyl (C=O) groups is 3. The van der Waals surface area contributed by atoms with Crippen molar-refractivity contribution in [2.75, 3.05) is 13.2 Å². The largest absolute Gasteiger partial charge is 0.462 e. The van der Waals surface area contributed by atoms with Gasteiger partial charge in [-0.25, -0.2) is 0 Å². The molecule has 0 rings (SSSR count). The van der Waals surface area contributed by atoms with Crippen LogP contribution in [-0.4, -0.2) is 37.2 Å². The smallest absolute Gasteiger partial charge is 0.306 e. The summed E-state index contributed by atoms with van der Waals surface area (Å²) in [4.78, 5) is 38.1. The van der Waals surface area contributed by atoms with Crippen LogP contribution in [0.5, 0.6) is 0 Å². The fourth-order valence-electron chi connectivity index (χ4n) is 8.62. The fourth-order valence-corrected chi connectivity index (χ4v) is 8.62. The Hall–Kier alpha value is -2.89. The van der Waals surface area contributed by atoms with E-state index in [1.807, 2.05) is 0 Å². The molecule has 0 saturated heterocycles. The van der Waals surface area contributed by atoms with Crippen molar-refractivity contribution in [2.45, 2.75) is 316 Å². The first-order chi connectivity index (χ1) is 34.5. The van der Waals surface area contributed by atoms with Crippen LogP contribution in [0.1, 0.15) is 310 Å². The summed E-state index contributed by atoms with van der Waals surface area (Å²) in [5, 5.41) is 0. The zero-order valence-corrected chi connectivity index (χ0v) is 46.5. The summed E-state index contributed by atoms with van der Waals surface area (Å²) in [6, 6.07) is 0. The van der Waals surface area contributed by atoms with E-state index in [2.05, 4.69) is 81.5 Å². The van der Waals surface area contributed by atoms with Crippen molar-refractivity contribution in [3.8, 4) is 0 Å². The van der Waals surface area contributed by atoms with E-state index in [1.165, 1.54) is 186 Å². The maximum Gasteiger partial charge on any atom is 0.306 e. The Balaban J connectivity index is 4.28. The maximum atomic E-state index is 12.9. The Labute approximate surface area is 434 Å². The molecule has 0 saturated carbocycles. The van der Waals surface area contributed by atoms with Gasteiger partial charge in [0.05, 0.1) is 0 Å². The van der Waals surface area contributed by atoms with Crippen molar-refractivity contribution >= 4 is 17.9 Å². The molecule has 0 aliphatic rings. The van der Waals surface area contributed by atoms with E-state index in [0.29, 0.717) is 19.3 Å². The Morgan fingerprint density at radius 1 is 0.286 bits per heavy atom. The number of hydrogen-bond acceptors (Lipinski definition) is 6. The fraction of sp³-hybridized carbons (Fsp3) is 0.797. The Morgan fingerprint density at radius 2 is 0.543 bits per heavy atom. The first-order valence-corrected chi connectivity index (χ1v) is 30.3. The van der Waals surface area contributed by atoms with Gasteiger partial charge in [-0.3, -0.25) is 14.4 Å². The minimum absolute atomic E-state index is 0.0798. The van der Waals surface area contributed by atoms with Crippen LogP contribution in [0.4, 0.5) is 0 Å². The lowest BCUT2D eigenvalue weighted by Gasteiger charge is -2.18. The van der Waals surface area contributed by atoms with Gasteiger partial charge in [0.1, 0.15) is 13.2 Å². The van der Waals surface area contributed by atoms with Gasteiger partial charge in [0.25, 0.3) is 0 Å². The first-order valence-electron chi connectivity index (χ1n) is 30.3. The molecule has 0 amide bonds. The first kappa shape index (κ1) is 67.1. The number of carbonyl (C=O) groups excluding carboxylic acids is 3. The van der Waals surface area contributed by atoms with Crippen molar-refractivity contribution in [1.29, 1.82) is 0 Å². The van der Waals surface area contributed by atoms with Gasteiger partial charge in [-0.2, -0.15) is 0 Å². The highest BCUT2D eigenvalue weighted by atomic mass is 16.6. The maximum absolute atomic E-state index is 12.9. The van der Waals surface area contributed by atoms with Gasteiger partial charge in [0.2, 0.25) is 0 Å². The Morgan fingerprint density at radius 3 is 0.857 bits per heavy atom. The summed E-state index contributed by atoms with van der Waals surface area (Å²) >= 11 is 0. The van der Waals surface area contributed by atoms with E-state index in [4.69, 9.17) is 14.2 Å². The van der Waals surface area contributed by atoms with Crippen LogP contribution in [0.2, 0.25) is 0 Å². The average molecular weight is 980 g/mol. The Bertz CT molecular complexity index is 1260. The van der Waals surface area contributed by atoms with Crippen LogP contribution >= 0.6 is 0 Å². The lowest BCUT2D eigenvalue weighted by atomic mass is 10.1. The van der Waals surface area contributed by atoms with Crippen molar-refractivity contribution in [3.63, 3.8) is 0 Å². The highest BCUT2D eigenvalue weighted by Crippen LogP contribution is 2.16. The summed E-state index contributed by atoms with van der Waals surface area (Å²) < 4.78 is 16.9. The molecule has 0 aliphatic heterocycles. The monoisotopic (exact) mass is 979 g/mol. The number of ether oxygens (including phenoxy) is 3. The zero-order chi connectivity index (χ0) is 50.7. The third kappa shape index (κ3) is 56.0. The van der Waals surface area contributed by atoms with E-state index in [0.717, 1.165) is 83.5 Å². The summed E-state index contributed by atoms with van der Waals surface area (Å²) in [6.07, 6.45) is 73.6. The summed E-state index contributed by atoms with van der Waals surface area (Å²) in [6.45, 7) is 6.57. The highest BCUT2D eigenvalue weighted by Gasteiger charge is 2.19. The average Bonchev–Trinajstić information content (AvgIpc) is 3.36. The van der Waals surface area contributed by atoms with Crippen LogP contribution in [-0.2, 0) is 28.6 Å². The molecule has 0 aliphatic carbocycles. The molecule has 0 N–H and O–H groups in total. The molecule has 0 aromatic heterocycles. The van der Waals surface area contributed by atoms with Crippen LogP contribution in [0.3, 0.4) is 0 Å². The van der Waals surface area contributed by atoms with Gasteiger partial charge in [0, 0.05) is 19.3 Å². The van der Waals surface area contributed by atoms with Gasteiger partial charge < -0.3 is 14.2 Å². The van der Waals surface area contributed by atoms with E-state index in [1.54, 1.807) is 0 Å². The zero-order valence-electron chi connectivity index (χ0n) is 46.5. The second kappa shape index (κ2) is 58.7. The molecule has 6 heteroatoms. The molecule has 1 atom stereocenters. The molecular weight excluding hydrogens is 865 g/mol. The molecule has 0 fully saturated rings. The second-order valence-electron chi connectivity index (χ2n) is 20.2. The quantitative estimate of drug-likeness (QED) is 0.0261. The molecule has 0 spiro atoms. The van der Waals surface area contributed by atoms with Gasteiger partial charge in [-0.1, -0.05) is 248 Å². The molecule has 70 heavy (non-hydrogen) atoms. The van der Waals surface area contributed by atoms with Gasteiger partial charge in [0.15, 0.2) is 6.10 Å². The van der Waals surface area contributed by atoms with Gasteiger partial charge in [-0.15, -0.1) is 0 Å². The van der Waals surface area contributed by atoms with Crippen molar-refractivity contribution in [1.82, 2.24) is 0 Å². The molecule has 0 aromatic carbocycles. The number of allylic oxidation sites excluding steroid dienone is 10. The van der Waals surface area contributed by atoms with Crippen molar-refractivity contribution < 1.29 is 28.6 Å². The topological polar surface area (TPSA) is 78.9 Å². The van der Waals surface area contributed by atoms with Crippen molar-refractivity contribution in [2.24, 2.45) is 0 Å². The molecular formula is C64H114O6. The van der Waals surface area contributed by atoms with Gasteiger partial charge in [-0.05, 0) is 103 Å². The third-order valence-electron chi connectivity index (χ3n) is 13.2. The van der Waals surface area contributed by atoms with E-state index in [-0.39, 0.29) is 31.1 Å². The summed E-state index contributed by atoms with van der Waals surface area (Å²) in [7, 11) is 0. The van der Waals surface area contributed by atoms with Crippen LogP contribution in [0.15, 0.2) is 60.8 Å². The van der Waals surface area contributed by atoms with Crippen LogP contribution < -0.4 is 0 Å². The molecule has 0 aromatic rings. The lowest BCUT2D eigenvalue weighted by molar-refractivity contribution is -0.167. The molecule has 0 radical (unpaired) electrons. The lowest BCUT2D eigenvalue weighted by Crippen LogP contribution is -2.30. The number of esters is 3. The normalized spacial score (nSPS) is 12.4. The number of rotatable bonds is 55. The standard InChI is InChI=1S/C64H114O6/c1-4-7-10-13-16-19-22-24-26-28-30-32-34-36-38-40-42-45-48-51-54-57-63(66)69-60-61(59-68-62(65)56-53-50-47-44-21-18-15-12-9-6-3)70-64(67)58-55-52-49-46-43-41-39-37-35-33-31-29-27-25-23-20-17-14-11-8-5-2/h12,15,22-25,28-31,61H,4-11,13-14,16-21,26-27,32-60H2,1-3H3/b15-12-,24-22-,25-23-,30-28-,31-29-. The van der Waals surface area contributed by atoms with Crippen LogP contribution in [0, 0.1) is 0 Å². The molecule has 6 nitrogen and oxygen atoms in total. The van der Waals surface area contributed by atoms with E-state index in [9.17, 15) is 14.4 Å². The van der Waals surface area contributed by atoms with Crippen molar-refractivity contribution in [3.05, 3.63) is 60.8 Å². The number of unbranched alkanes of at least 4 members (excludes halogenated alkanes) is 34. The van der Waals surface area contributed by atoms with Crippen LogP contribution in [0.25, 0.3) is 0 Å². The van der Waals surface area contributed by atoms with Gasteiger partial charge >= 0.3 is 17.9 Å². The molecule has 0 bridgehead atoms.